The molecule has 0 atom stereocenters. The second kappa shape index (κ2) is 7.54. The molecule has 19 heavy (non-hydrogen) atoms. The minimum absolute atomic E-state index is 0.0293. The molecule has 0 bridgehead atoms. The predicted molar refractivity (Wildman–Crippen MR) is 78.7 cm³/mol. The summed E-state index contributed by atoms with van der Waals surface area (Å²) < 4.78 is 0. The number of hydrogen-bond acceptors (Lipinski definition) is 2. The first-order valence-electron chi connectivity index (χ1n) is 6.74. The summed E-state index contributed by atoms with van der Waals surface area (Å²) in [4.78, 5) is 11.6. The summed E-state index contributed by atoms with van der Waals surface area (Å²) in [5, 5.41) is 6.19. The van der Waals surface area contributed by atoms with Crippen molar-refractivity contribution in [3.63, 3.8) is 0 Å². The fraction of sp³-hybridized carbons (Fsp3) is 0.312. The van der Waals surface area contributed by atoms with Gasteiger partial charge in [0, 0.05) is 19.2 Å². The van der Waals surface area contributed by atoms with Gasteiger partial charge >= 0.3 is 0 Å². The van der Waals surface area contributed by atoms with Crippen molar-refractivity contribution >= 4 is 12.0 Å². The summed E-state index contributed by atoms with van der Waals surface area (Å²) >= 11 is 0. The monoisotopic (exact) mass is 256 g/mol. The van der Waals surface area contributed by atoms with Crippen molar-refractivity contribution in [3.05, 3.63) is 53.6 Å². The van der Waals surface area contributed by atoms with Crippen LogP contribution in [0.3, 0.4) is 0 Å². The lowest BCUT2D eigenvalue weighted by Gasteiger charge is -2.13. The molecule has 0 saturated carbocycles. The van der Waals surface area contributed by atoms with Gasteiger partial charge in [-0.05, 0) is 31.0 Å². The molecule has 0 aliphatic carbocycles. The molecule has 0 saturated heterocycles. The fourth-order valence-electron chi connectivity index (χ4n) is 2.04. The van der Waals surface area contributed by atoms with Crippen molar-refractivity contribution < 1.29 is 4.79 Å². The summed E-state index contributed by atoms with van der Waals surface area (Å²) in [5.74, 6) is -0.0293. The van der Waals surface area contributed by atoms with E-state index in [1.807, 2.05) is 36.4 Å². The molecule has 1 amide bonds. The van der Waals surface area contributed by atoms with Gasteiger partial charge in [0.15, 0.2) is 0 Å². The highest BCUT2D eigenvalue weighted by molar-refractivity contribution is 5.91. The summed E-state index contributed by atoms with van der Waals surface area (Å²) in [7, 11) is 0. The van der Waals surface area contributed by atoms with Gasteiger partial charge < -0.3 is 10.6 Å². The smallest absolute Gasteiger partial charge is 0.244 e. The van der Waals surface area contributed by atoms with Gasteiger partial charge in [-0.1, -0.05) is 42.0 Å². The van der Waals surface area contributed by atoms with Crippen molar-refractivity contribution in [1.82, 2.24) is 10.6 Å². The molecule has 2 N–H and O–H groups in total. The van der Waals surface area contributed by atoms with Crippen molar-refractivity contribution in [2.45, 2.75) is 12.8 Å². The van der Waals surface area contributed by atoms with Crippen LogP contribution in [-0.4, -0.2) is 25.5 Å². The molecule has 1 aromatic carbocycles. The summed E-state index contributed by atoms with van der Waals surface area (Å²) in [6, 6.07) is 9.83. The highest BCUT2D eigenvalue weighted by Crippen LogP contribution is 2.07. The molecule has 1 aromatic rings. The zero-order valence-corrected chi connectivity index (χ0v) is 11.1. The van der Waals surface area contributed by atoms with Crippen LogP contribution in [0.5, 0.6) is 0 Å². The van der Waals surface area contributed by atoms with Crippen LogP contribution in [0.1, 0.15) is 18.4 Å². The van der Waals surface area contributed by atoms with Gasteiger partial charge in [-0.25, -0.2) is 0 Å². The Hall–Kier alpha value is -1.87. The number of benzene rings is 1. The van der Waals surface area contributed by atoms with E-state index < -0.39 is 0 Å². The first kappa shape index (κ1) is 13.6. The molecule has 1 aliphatic rings. The molecular formula is C16H20N2O. The van der Waals surface area contributed by atoms with Gasteiger partial charge in [0.05, 0.1) is 0 Å². The number of carbonyl (C=O) groups is 1. The van der Waals surface area contributed by atoms with E-state index >= 15 is 0 Å². The van der Waals surface area contributed by atoms with Crippen LogP contribution in [0, 0.1) is 0 Å². The lowest BCUT2D eigenvalue weighted by atomic mass is 10.1. The van der Waals surface area contributed by atoms with Crippen LogP contribution >= 0.6 is 0 Å². The van der Waals surface area contributed by atoms with Gasteiger partial charge in [0.25, 0.3) is 0 Å². The molecule has 0 spiro atoms. The van der Waals surface area contributed by atoms with Crippen LogP contribution in [0.25, 0.3) is 6.08 Å². The minimum Gasteiger partial charge on any atom is -0.352 e. The topological polar surface area (TPSA) is 41.1 Å². The maximum absolute atomic E-state index is 11.6. The molecule has 1 heterocycles. The Morgan fingerprint density at radius 1 is 1.32 bits per heavy atom. The third kappa shape index (κ3) is 5.10. The van der Waals surface area contributed by atoms with Gasteiger partial charge in [0.2, 0.25) is 5.91 Å². The Kier molecular flexibility index (Phi) is 5.38. The number of hydrogen-bond donors (Lipinski definition) is 2. The van der Waals surface area contributed by atoms with E-state index in [0.29, 0.717) is 6.54 Å². The van der Waals surface area contributed by atoms with Gasteiger partial charge in [-0.3, -0.25) is 4.79 Å². The number of amides is 1. The summed E-state index contributed by atoms with van der Waals surface area (Å²) in [5.41, 5.74) is 2.48. The molecule has 100 valence electrons. The maximum Gasteiger partial charge on any atom is 0.244 e. The Balaban J connectivity index is 1.70. The molecule has 1 aliphatic heterocycles. The highest BCUT2D eigenvalue weighted by atomic mass is 16.1. The number of nitrogens with one attached hydrogen (secondary N) is 2. The van der Waals surface area contributed by atoms with E-state index in [1.54, 1.807) is 6.08 Å². The standard InChI is InChI=1S/C16H20N2O/c19-16(7-6-14-4-2-1-3-5-14)18-13-10-15-8-11-17-12-9-15/h1-8,17H,9-13H2,(H,18,19)/b7-6+. The average Bonchev–Trinajstić information content (AvgIpc) is 2.47. The Morgan fingerprint density at radius 2 is 2.16 bits per heavy atom. The molecule has 3 nitrogen and oxygen atoms in total. The van der Waals surface area contributed by atoms with Crippen LogP contribution < -0.4 is 10.6 Å². The van der Waals surface area contributed by atoms with Gasteiger partial charge in [0.1, 0.15) is 0 Å². The largest absolute Gasteiger partial charge is 0.352 e. The molecule has 3 heteroatoms. The first-order valence-corrected chi connectivity index (χ1v) is 6.74. The summed E-state index contributed by atoms with van der Waals surface area (Å²) in [6.07, 6.45) is 7.68. The zero-order valence-electron chi connectivity index (χ0n) is 11.1. The third-order valence-corrected chi connectivity index (χ3v) is 3.13. The summed E-state index contributed by atoms with van der Waals surface area (Å²) in [6.45, 7) is 2.72. The van der Waals surface area contributed by atoms with E-state index in [1.165, 1.54) is 5.57 Å². The maximum atomic E-state index is 11.6. The molecule has 0 fully saturated rings. The van der Waals surface area contributed by atoms with Crippen molar-refractivity contribution in [2.75, 3.05) is 19.6 Å². The first-order chi connectivity index (χ1) is 9.34. The molecular weight excluding hydrogens is 236 g/mol. The minimum atomic E-state index is -0.0293. The lowest BCUT2D eigenvalue weighted by Crippen LogP contribution is -2.25. The number of rotatable bonds is 5. The van der Waals surface area contributed by atoms with Gasteiger partial charge in [-0.15, -0.1) is 0 Å². The second-order valence-electron chi connectivity index (χ2n) is 4.60. The normalized spacial score (nSPS) is 15.3. The second-order valence-corrected chi connectivity index (χ2v) is 4.60. The SMILES string of the molecule is O=C(/C=C/c1ccccc1)NCCC1=CCNCC1. The van der Waals surface area contributed by atoms with Crippen molar-refractivity contribution in [3.8, 4) is 0 Å². The predicted octanol–water partition coefficient (Wildman–Crippen LogP) is 2.13. The quantitative estimate of drug-likeness (QED) is 0.626. The lowest BCUT2D eigenvalue weighted by molar-refractivity contribution is -0.116. The van der Waals surface area contributed by atoms with E-state index in [9.17, 15) is 4.79 Å². The van der Waals surface area contributed by atoms with Crippen LogP contribution in [0.2, 0.25) is 0 Å². The Morgan fingerprint density at radius 3 is 2.89 bits per heavy atom. The van der Waals surface area contributed by atoms with E-state index in [0.717, 1.165) is 31.5 Å². The van der Waals surface area contributed by atoms with Crippen LogP contribution in [-0.2, 0) is 4.79 Å². The Labute approximate surface area is 114 Å². The van der Waals surface area contributed by atoms with Crippen molar-refractivity contribution in [2.24, 2.45) is 0 Å². The third-order valence-electron chi connectivity index (χ3n) is 3.13. The van der Waals surface area contributed by atoms with Gasteiger partial charge in [-0.2, -0.15) is 0 Å². The Bertz CT molecular complexity index is 463. The van der Waals surface area contributed by atoms with E-state index in [4.69, 9.17) is 0 Å². The average molecular weight is 256 g/mol. The van der Waals surface area contributed by atoms with Crippen LogP contribution in [0.15, 0.2) is 48.1 Å². The van der Waals surface area contributed by atoms with E-state index in [2.05, 4.69) is 16.7 Å². The number of carbonyl (C=O) groups excluding carboxylic acids is 1. The highest BCUT2D eigenvalue weighted by Gasteiger charge is 2.02. The molecule has 2 rings (SSSR count). The molecule has 0 aromatic heterocycles. The molecule has 0 radical (unpaired) electrons. The zero-order chi connectivity index (χ0) is 13.3. The van der Waals surface area contributed by atoms with Crippen molar-refractivity contribution in [1.29, 1.82) is 0 Å². The fourth-order valence-corrected chi connectivity index (χ4v) is 2.04. The van der Waals surface area contributed by atoms with Crippen LogP contribution in [0.4, 0.5) is 0 Å². The van der Waals surface area contributed by atoms with E-state index in [-0.39, 0.29) is 5.91 Å². The molecule has 0 unspecified atom stereocenters.